The molecule has 114 valence electrons. The van der Waals surface area contributed by atoms with Gasteiger partial charge in [0.1, 0.15) is 6.04 Å². The topological polar surface area (TPSA) is 78.9 Å². The van der Waals surface area contributed by atoms with E-state index in [-0.39, 0.29) is 11.9 Å². The van der Waals surface area contributed by atoms with Crippen molar-refractivity contribution < 1.29 is 19.4 Å². The van der Waals surface area contributed by atoms with Crippen LogP contribution in [-0.2, 0) is 9.53 Å². The van der Waals surface area contributed by atoms with Gasteiger partial charge in [0.25, 0.3) is 0 Å². The van der Waals surface area contributed by atoms with Crippen LogP contribution in [0.3, 0.4) is 0 Å². The minimum atomic E-state index is -0.951. The van der Waals surface area contributed by atoms with E-state index in [1.165, 1.54) is 0 Å². The molecule has 0 aromatic rings. The predicted molar refractivity (Wildman–Crippen MR) is 73.5 cm³/mol. The number of amides is 2. The first-order chi connectivity index (χ1) is 9.10. The van der Waals surface area contributed by atoms with Crippen LogP contribution in [0.5, 0.6) is 0 Å². The molecule has 1 saturated heterocycles. The summed E-state index contributed by atoms with van der Waals surface area (Å²) in [7, 11) is 0. The third kappa shape index (κ3) is 3.62. The SMILES string of the molecule is CC1(C)CN(C(=O)NC(C(=O)O)C2CC2)CC(C)(C)O1. The van der Waals surface area contributed by atoms with Gasteiger partial charge in [-0.15, -0.1) is 0 Å². The number of nitrogens with zero attached hydrogens (tertiary/aromatic N) is 1. The van der Waals surface area contributed by atoms with E-state index in [4.69, 9.17) is 4.74 Å². The van der Waals surface area contributed by atoms with Crippen LogP contribution >= 0.6 is 0 Å². The lowest BCUT2D eigenvalue weighted by Gasteiger charge is -2.47. The van der Waals surface area contributed by atoms with E-state index in [0.717, 1.165) is 12.8 Å². The van der Waals surface area contributed by atoms with E-state index in [1.54, 1.807) is 4.90 Å². The molecule has 6 nitrogen and oxygen atoms in total. The first-order valence-electron chi connectivity index (χ1n) is 7.08. The average molecular weight is 284 g/mol. The molecule has 2 rings (SSSR count). The summed E-state index contributed by atoms with van der Waals surface area (Å²) in [6.45, 7) is 8.65. The molecule has 1 atom stereocenters. The molecule has 1 aliphatic carbocycles. The summed E-state index contributed by atoms with van der Waals surface area (Å²) >= 11 is 0. The van der Waals surface area contributed by atoms with Crippen molar-refractivity contribution in [3.63, 3.8) is 0 Å². The van der Waals surface area contributed by atoms with Gasteiger partial charge in [-0.2, -0.15) is 0 Å². The van der Waals surface area contributed by atoms with Gasteiger partial charge in [-0.3, -0.25) is 0 Å². The largest absolute Gasteiger partial charge is 0.480 e. The number of morpholine rings is 1. The quantitative estimate of drug-likeness (QED) is 0.822. The van der Waals surface area contributed by atoms with Gasteiger partial charge in [0.2, 0.25) is 0 Å². The molecule has 2 amide bonds. The van der Waals surface area contributed by atoms with Gasteiger partial charge in [-0.05, 0) is 46.5 Å². The van der Waals surface area contributed by atoms with E-state index in [0.29, 0.717) is 13.1 Å². The Labute approximate surface area is 119 Å². The van der Waals surface area contributed by atoms with Crippen molar-refractivity contribution in [1.82, 2.24) is 10.2 Å². The van der Waals surface area contributed by atoms with Crippen molar-refractivity contribution >= 4 is 12.0 Å². The third-order valence-electron chi connectivity index (χ3n) is 3.62. The molecular weight excluding hydrogens is 260 g/mol. The summed E-state index contributed by atoms with van der Waals surface area (Å²) in [6, 6.07) is -1.08. The zero-order chi connectivity index (χ0) is 15.1. The first-order valence-corrected chi connectivity index (χ1v) is 7.08. The molecule has 0 spiro atoms. The highest BCUT2D eigenvalue weighted by molar-refractivity contribution is 5.83. The van der Waals surface area contributed by atoms with Gasteiger partial charge in [0, 0.05) is 0 Å². The number of rotatable bonds is 3. The smallest absolute Gasteiger partial charge is 0.326 e. The van der Waals surface area contributed by atoms with Crippen molar-refractivity contribution in [2.45, 2.75) is 57.8 Å². The van der Waals surface area contributed by atoms with Crippen LogP contribution in [0.2, 0.25) is 0 Å². The maximum atomic E-state index is 12.3. The lowest BCUT2D eigenvalue weighted by atomic mass is 9.99. The van der Waals surface area contributed by atoms with Gasteiger partial charge < -0.3 is 20.1 Å². The fourth-order valence-electron chi connectivity index (χ4n) is 2.97. The molecule has 1 saturated carbocycles. The number of urea groups is 1. The van der Waals surface area contributed by atoms with Crippen LogP contribution in [-0.4, -0.2) is 52.3 Å². The Hall–Kier alpha value is -1.30. The second kappa shape index (κ2) is 4.91. The average Bonchev–Trinajstić information content (AvgIpc) is 3.04. The van der Waals surface area contributed by atoms with E-state index in [1.807, 2.05) is 27.7 Å². The van der Waals surface area contributed by atoms with Crippen molar-refractivity contribution in [3.8, 4) is 0 Å². The molecule has 0 bridgehead atoms. The summed E-state index contributed by atoms with van der Waals surface area (Å²) in [5, 5.41) is 11.8. The second-order valence-corrected chi connectivity index (χ2v) is 7.08. The maximum Gasteiger partial charge on any atom is 0.326 e. The number of carbonyl (C=O) groups is 2. The maximum absolute atomic E-state index is 12.3. The van der Waals surface area contributed by atoms with Crippen molar-refractivity contribution in [1.29, 1.82) is 0 Å². The van der Waals surface area contributed by atoms with E-state index in [9.17, 15) is 14.7 Å². The molecule has 0 radical (unpaired) electrons. The lowest BCUT2D eigenvalue weighted by Crippen LogP contribution is -2.61. The van der Waals surface area contributed by atoms with Gasteiger partial charge in [-0.1, -0.05) is 0 Å². The molecule has 0 aromatic carbocycles. The third-order valence-corrected chi connectivity index (χ3v) is 3.62. The highest BCUT2D eigenvalue weighted by Gasteiger charge is 2.42. The monoisotopic (exact) mass is 284 g/mol. The highest BCUT2D eigenvalue weighted by atomic mass is 16.5. The molecule has 2 aliphatic rings. The second-order valence-electron chi connectivity index (χ2n) is 7.08. The Morgan fingerprint density at radius 1 is 1.20 bits per heavy atom. The number of hydrogen-bond donors (Lipinski definition) is 2. The minimum absolute atomic E-state index is 0.0820. The highest BCUT2D eigenvalue weighted by Crippen LogP contribution is 2.33. The lowest BCUT2D eigenvalue weighted by molar-refractivity contribution is -0.170. The van der Waals surface area contributed by atoms with Gasteiger partial charge in [0.05, 0.1) is 24.3 Å². The van der Waals surface area contributed by atoms with E-state index < -0.39 is 23.2 Å². The molecule has 2 N–H and O–H groups in total. The summed E-state index contributed by atoms with van der Waals surface area (Å²) in [5.41, 5.74) is -0.866. The molecule has 0 aromatic heterocycles. The number of carboxylic acid groups (broad SMARTS) is 1. The van der Waals surface area contributed by atoms with Crippen LogP contribution < -0.4 is 5.32 Å². The number of ether oxygens (including phenoxy) is 1. The molecule has 2 fully saturated rings. The van der Waals surface area contributed by atoms with E-state index >= 15 is 0 Å². The fraction of sp³-hybridized carbons (Fsp3) is 0.857. The molecule has 1 unspecified atom stereocenters. The molecular formula is C14H24N2O4. The molecule has 20 heavy (non-hydrogen) atoms. The van der Waals surface area contributed by atoms with Crippen LogP contribution in [0.4, 0.5) is 4.79 Å². The fourth-order valence-corrected chi connectivity index (χ4v) is 2.97. The Morgan fingerprint density at radius 2 is 1.70 bits per heavy atom. The normalized spacial score (nSPS) is 25.9. The Kier molecular flexibility index (Phi) is 3.71. The number of aliphatic carboxylic acids is 1. The number of hydrogen-bond acceptors (Lipinski definition) is 3. The zero-order valence-electron chi connectivity index (χ0n) is 12.6. The first kappa shape index (κ1) is 15.1. The van der Waals surface area contributed by atoms with Crippen molar-refractivity contribution in [2.24, 2.45) is 5.92 Å². The standard InChI is InChI=1S/C14H24N2O4/c1-13(2)7-16(8-14(3,4)20-13)12(19)15-10(11(17)18)9-5-6-9/h9-10H,5-8H2,1-4H3,(H,15,19)(H,17,18). The van der Waals surface area contributed by atoms with Crippen LogP contribution in [0.1, 0.15) is 40.5 Å². The minimum Gasteiger partial charge on any atom is -0.480 e. The zero-order valence-corrected chi connectivity index (χ0v) is 12.6. The van der Waals surface area contributed by atoms with Crippen LogP contribution in [0.15, 0.2) is 0 Å². The Balaban J connectivity index is 2.02. The van der Waals surface area contributed by atoms with Crippen LogP contribution in [0, 0.1) is 5.92 Å². The summed E-state index contributed by atoms with van der Waals surface area (Å²) < 4.78 is 5.92. The summed E-state index contributed by atoms with van der Waals surface area (Å²) in [4.78, 5) is 25.2. The van der Waals surface area contributed by atoms with Crippen molar-refractivity contribution in [2.75, 3.05) is 13.1 Å². The van der Waals surface area contributed by atoms with E-state index in [2.05, 4.69) is 5.32 Å². The molecule has 1 aliphatic heterocycles. The summed E-state index contributed by atoms with van der Waals surface area (Å²) in [5.74, 6) is -0.869. The van der Waals surface area contributed by atoms with Crippen molar-refractivity contribution in [3.05, 3.63) is 0 Å². The Morgan fingerprint density at radius 3 is 2.10 bits per heavy atom. The molecule has 1 heterocycles. The van der Waals surface area contributed by atoms with Crippen LogP contribution in [0.25, 0.3) is 0 Å². The number of nitrogens with one attached hydrogen (secondary N) is 1. The van der Waals surface area contributed by atoms with Gasteiger partial charge >= 0.3 is 12.0 Å². The number of carbonyl (C=O) groups excluding carboxylic acids is 1. The molecule has 6 heteroatoms. The van der Waals surface area contributed by atoms with Gasteiger partial charge in [-0.25, -0.2) is 9.59 Å². The van der Waals surface area contributed by atoms with Gasteiger partial charge in [0.15, 0.2) is 0 Å². The predicted octanol–water partition coefficient (Wildman–Crippen LogP) is 1.45. The number of carboxylic acids is 1. The summed E-state index contributed by atoms with van der Waals surface area (Å²) in [6.07, 6.45) is 1.74. The Bertz CT molecular complexity index is 399.